The molecular weight excluding hydrogens is 578 g/mol. The number of hydrogen-bond acceptors (Lipinski definition) is 6. The quantitative estimate of drug-likeness (QED) is 0.163. The average molecular weight is 618 g/mol. The maximum Gasteiger partial charge on any atom is 0.357 e. The smallest absolute Gasteiger partial charge is 0.357 e. The van der Waals surface area contributed by atoms with E-state index in [1.807, 2.05) is 126 Å². The third kappa shape index (κ3) is 9.64. The number of nitrogens with one attached hydrogen (secondary N) is 2. The third-order valence-corrected chi connectivity index (χ3v) is 7.68. The van der Waals surface area contributed by atoms with Crippen LogP contribution in [0.15, 0.2) is 133 Å². The number of ether oxygens (including phenoxy) is 2. The highest BCUT2D eigenvalue weighted by Gasteiger charge is 2.28. The van der Waals surface area contributed by atoms with Crippen molar-refractivity contribution in [1.82, 2.24) is 15.5 Å². The molecule has 0 unspecified atom stereocenters. The van der Waals surface area contributed by atoms with Crippen LogP contribution in [0.25, 0.3) is 0 Å². The van der Waals surface area contributed by atoms with Gasteiger partial charge in [0.15, 0.2) is 6.10 Å². The van der Waals surface area contributed by atoms with E-state index in [4.69, 9.17) is 9.47 Å². The van der Waals surface area contributed by atoms with E-state index in [-0.39, 0.29) is 24.4 Å². The minimum atomic E-state index is -0.925. The second kappa shape index (κ2) is 16.7. The molecule has 1 fully saturated rings. The summed E-state index contributed by atoms with van der Waals surface area (Å²) in [5.41, 5.74) is 3.49. The lowest BCUT2D eigenvalue weighted by molar-refractivity contribution is -0.144. The van der Waals surface area contributed by atoms with Crippen molar-refractivity contribution >= 4 is 17.8 Å². The number of amides is 2. The number of carbonyl (C=O) groups excluding carboxylic acids is 3. The Morgan fingerprint density at radius 1 is 0.739 bits per heavy atom. The van der Waals surface area contributed by atoms with Crippen LogP contribution in [0, 0.1) is 0 Å². The van der Waals surface area contributed by atoms with Crippen LogP contribution in [0.1, 0.15) is 34.8 Å². The van der Waals surface area contributed by atoms with Crippen molar-refractivity contribution in [2.45, 2.75) is 31.4 Å². The van der Waals surface area contributed by atoms with Crippen molar-refractivity contribution in [3.8, 4) is 0 Å². The summed E-state index contributed by atoms with van der Waals surface area (Å²) in [5, 5.41) is 5.73. The molecule has 46 heavy (non-hydrogen) atoms. The summed E-state index contributed by atoms with van der Waals surface area (Å²) in [6.45, 7) is 2.10. The monoisotopic (exact) mass is 617 g/mol. The number of esters is 1. The van der Waals surface area contributed by atoms with E-state index in [1.54, 1.807) is 6.20 Å². The van der Waals surface area contributed by atoms with Gasteiger partial charge in [-0.3, -0.25) is 9.59 Å². The molecule has 2 N–H and O–H groups in total. The van der Waals surface area contributed by atoms with Gasteiger partial charge in [-0.1, -0.05) is 121 Å². The first-order chi connectivity index (χ1) is 22.5. The minimum Gasteiger partial charge on any atom is -0.448 e. The highest BCUT2D eigenvalue weighted by Crippen LogP contribution is 2.27. The molecule has 0 bridgehead atoms. The van der Waals surface area contributed by atoms with Gasteiger partial charge in [0.05, 0.1) is 13.2 Å². The van der Waals surface area contributed by atoms with Gasteiger partial charge in [-0.25, -0.2) is 4.79 Å². The first-order valence-corrected chi connectivity index (χ1v) is 15.6. The molecule has 2 amide bonds. The van der Waals surface area contributed by atoms with E-state index in [0.29, 0.717) is 32.7 Å². The van der Waals surface area contributed by atoms with Gasteiger partial charge < -0.3 is 25.0 Å². The molecule has 5 rings (SSSR count). The summed E-state index contributed by atoms with van der Waals surface area (Å²) in [7, 11) is 0. The number of morpholine rings is 1. The highest BCUT2D eigenvalue weighted by atomic mass is 16.5. The SMILES string of the molecule is O=C(CCc1ccccc1)N[C@@H](Cc1ccccc1)C(=O)N/C(=C/N1CCOCC1)C(=O)OC(c1ccccc1)c1ccccc1. The highest BCUT2D eigenvalue weighted by molar-refractivity contribution is 5.97. The summed E-state index contributed by atoms with van der Waals surface area (Å²) in [6, 6.07) is 37.2. The van der Waals surface area contributed by atoms with E-state index < -0.39 is 24.0 Å². The van der Waals surface area contributed by atoms with Crippen LogP contribution in [0.2, 0.25) is 0 Å². The molecule has 4 aromatic carbocycles. The van der Waals surface area contributed by atoms with Gasteiger partial charge in [-0.15, -0.1) is 0 Å². The molecule has 1 aliphatic heterocycles. The molecule has 1 heterocycles. The normalized spacial score (nSPS) is 13.9. The third-order valence-electron chi connectivity index (χ3n) is 7.68. The zero-order valence-electron chi connectivity index (χ0n) is 25.7. The Kier molecular flexibility index (Phi) is 11.7. The zero-order chi connectivity index (χ0) is 32.0. The summed E-state index contributed by atoms with van der Waals surface area (Å²) >= 11 is 0. The lowest BCUT2D eigenvalue weighted by Gasteiger charge is -2.27. The fourth-order valence-electron chi connectivity index (χ4n) is 5.23. The van der Waals surface area contributed by atoms with E-state index in [0.717, 1.165) is 22.3 Å². The summed E-state index contributed by atoms with van der Waals surface area (Å²) in [5.74, 6) is -1.45. The molecule has 0 spiro atoms. The number of rotatable bonds is 13. The standard InChI is InChI=1S/C38H39N3O5/c42-35(22-21-29-13-5-1-6-14-29)39-33(27-30-15-7-2-8-16-30)37(43)40-34(28-41-23-25-45-26-24-41)38(44)46-36(31-17-9-3-10-18-31)32-19-11-4-12-20-32/h1-20,28,33,36H,21-27H2,(H,39,42)(H,40,43)/b34-28+/t33-/m0/s1. The first kappa shape index (κ1) is 32.2. The van der Waals surface area contributed by atoms with Crippen molar-refractivity contribution < 1.29 is 23.9 Å². The van der Waals surface area contributed by atoms with Crippen molar-refractivity contribution in [2.75, 3.05) is 26.3 Å². The molecule has 4 aromatic rings. The van der Waals surface area contributed by atoms with Crippen molar-refractivity contribution in [3.05, 3.63) is 155 Å². The Hall–Kier alpha value is -5.21. The minimum absolute atomic E-state index is 0.0136. The van der Waals surface area contributed by atoms with Gasteiger partial charge in [0, 0.05) is 32.1 Å². The molecule has 8 heteroatoms. The molecule has 1 saturated heterocycles. The molecule has 1 atom stereocenters. The molecule has 236 valence electrons. The van der Waals surface area contributed by atoms with Crippen LogP contribution < -0.4 is 10.6 Å². The predicted octanol–water partition coefficient (Wildman–Crippen LogP) is 4.97. The molecule has 0 saturated carbocycles. The van der Waals surface area contributed by atoms with Crippen molar-refractivity contribution in [2.24, 2.45) is 0 Å². The van der Waals surface area contributed by atoms with Gasteiger partial charge in [-0.2, -0.15) is 0 Å². The second-order valence-electron chi connectivity index (χ2n) is 11.1. The van der Waals surface area contributed by atoms with E-state index in [2.05, 4.69) is 10.6 Å². The molecule has 8 nitrogen and oxygen atoms in total. The van der Waals surface area contributed by atoms with Gasteiger partial charge in [-0.05, 0) is 28.7 Å². The average Bonchev–Trinajstić information content (AvgIpc) is 3.11. The van der Waals surface area contributed by atoms with Crippen LogP contribution in [-0.2, 0) is 36.7 Å². The first-order valence-electron chi connectivity index (χ1n) is 15.6. The van der Waals surface area contributed by atoms with E-state index in [1.165, 1.54) is 0 Å². The summed E-state index contributed by atoms with van der Waals surface area (Å²) < 4.78 is 11.6. The second-order valence-corrected chi connectivity index (χ2v) is 11.1. The largest absolute Gasteiger partial charge is 0.448 e. The Balaban J connectivity index is 1.37. The van der Waals surface area contributed by atoms with Gasteiger partial charge in [0.25, 0.3) is 0 Å². The molecular formula is C38H39N3O5. The molecule has 1 aliphatic rings. The van der Waals surface area contributed by atoms with Gasteiger partial charge >= 0.3 is 5.97 Å². The number of benzene rings is 4. The zero-order valence-corrected chi connectivity index (χ0v) is 25.7. The van der Waals surface area contributed by atoms with Gasteiger partial charge in [0.1, 0.15) is 11.7 Å². The molecule has 0 aliphatic carbocycles. The number of hydrogen-bond donors (Lipinski definition) is 2. The van der Waals surface area contributed by atoms with Crippen LogP contribution in [0.4, 0.5) is 0 Å². The van der Waals surface area contributed by atoms with Crippen molar-refractivity contribution in [3.63, 3.8) is 0 Å². The molecule has 0 radical (unpaired) electrons. The topological polar surface area (TPSA) is 97.0 Å². The number of aryl methyl sites for hydroxylation is 1. The predicted molar refractivity (Wildman–Crippen MR) is 176 cm³/mol. The number of carbonyl (C=O) groups is 3. The Bertz CT molecular complexity index is 1530. The Morgan fingerprint density at radius 2 is 1.26 bits per heavy atom. The Labute approximate surface area is 270 Å². The lowest BCUT2D eigenvalue weighted by atomic mass is 10.0. The van der Waals surface area contributed by atoms with Crippen LogP contribution in [-0.4, -0.2) is 55.0 Å². The van der Waals surface area contributed by atoms with Crippen LogP contribution in [0.5, 0.6) is 0 Å². The Morgan fingerprint density at radius 3 is 1.83 bits per heavy atom. The summed E-state index contributed by atoms with van der Waals surface area (Å²) in [6.07, 6.45) is 1.93. The lowest BCUT2D eigenvalue weighted by Crippen LogP contribution is -2.49. The summed E-state index contributed by atoms with van der Waals surface area (Å²) in [4.78, 5) is 42.9. The maximum absolute atomic E-state index is 13.9. The van der Waals surface area contributed by atoms with E-state index >= 15 is 0 Å². The van der Waals surface area contributed by atoms with Crippen LogP contribution in [0.3, 0.4) is 0 Å². The number of nitrogens with zero attached hydrogens (tertiary/aromatic N) is 1. The van der Waals surface area contributed by atoms with Crippen molar-refractivity contribution in [1.29, 1.82) is 0 Å². The van der Waals surface area contributed by atoms with E-state index in [9.17, 15) is 14.4 Å². The van der Waals surface area contributed by atoms with Gasteiger partial charge in [0.2, 0.25) is 11.8 Å². The fraction of sp³-hybridized carbons (Fsp3) is 0.237. The fourth-order valence-corrected chi connectivity index (χ4v) is 5.23. The maximum atomic E-state index is 13.9. The van der Waals surface area contributed by atoms with Crippen LogP contribution >= 0.6 is 0 Å². The molecule has 0 aromatic heterocycles.